The predicted molar refractivity (Wildman–Crippen MR) is 534 cm³/mol. The Morgan fingerprint density at radius 2 is 0.421 bits per heavy atom. The quantitative estimate of drug-likeness (QED) is 0.0310. The maximum absolute atomic E-state index is 3.39. The molecule has 5 aliphatic heterocycles. The van der Waals surface area contributed by atoms with Crippen LogP contribution in [0, 0.1) is 63.7 Å². The Balaban J connectivity index is 0.000000241. The minimum Gasteiger partial charge on any atom is -0.557 e. The molecule has 10 aromatic rings. The fourth-order valence-electron chi connectivity index (χ4n) is 17.4. The Labute approximate surface area is 831 Å². The minimum absolute atomic E-state index is 0. The van der Waals surface area contributed by atoms with Gasteiger partial charge in [0.05, 0.1) is 0 Å². The van der Waals surface area contributed by atoms with Crippen LogP contribution in [0.2, 0.25) is 68.2 Å². The van der Waals surface area contributed by atoms with Gasteiger partial charge in [0.2, 0.25) is 0 Å². The van der Waals surface area contributed by atoms with Gasteiger partial charge in [0.1, 0.15) is 0 Å². The number of anilines is 10. The van der Waals surface area contributed by atoms with E-state index in [0.29, 0.717) is 68.9 Å². The summed E-state index contributed by atoms with van der Waals surface area (Å²) in [6.45, 7) is 55.1. The smallest absolute Gasteiger partial charge is 0.557 e. The van der Waals surface area contributed by atoms with Crippen LogP contribution in [0.25, 0.3) is 0 Å². The van der Waals surface area contributed by atoms with E-state index in [-0.39, 0.29) is 104 Å². The topological polar surface area (TPSA) is 48.6 Å². The number of benzene rings is 10. The molecular weight excluding hydrogens is 1980 g/mol. The van der Waals surface area contributed by atoms with E-state index < -0.39 is 0 Å². The van der Waals surface area contributed by atoms with Gasteiger partial charge in [-0.2, -0.15) is 185 Å². The van der Waals surface area contributed by atoms with Gasteiger partial charge in [0.25, 0.3) is 62.8 Å². The molecule has 0 N–H and O–H groups in total. The van der Waals surface area contributed by atoms with Crippen molar-refractivity contribution in [3.8, 4) is 0 Å². The molecule has 0 spiro atoms. The van der Waals surface area contributed by atoms with Crippen LogP contribution in [0.15, 0.2) is 273 Å². The molecule has 5 aliphatic rings. The first-order chi connectivity index (χ1) is 59.0. The van der Waals surface area contributed by atoms with E-state index in [1.165, 1.54) is 86.2 Å². The second kappa shape index (κ2) is 56.5. The fourth-order valence-corrected chi connectivity index (χ4v) is 17.4. The number of hydrogen-bond acceptors (Lipinski definition) is 15. The molecule has 0 bridgehead atoms. The maximum atomic E-state index is 3.39. The summed E-state index contributed by atoms with van der Waals surface area (Å²) in [5.74, 6) is 0. The van der Waals surface area contributed by atoms with Gasteiger partial charge >= 0.3 is 104 Å². The van der Waals surface area contributed by atoms with Crippen molar-refractivity contribution in [3.05, 3.63) is 337 Å². The average Bonchev–Trinajstić information content (AvgIpc) is 0.932. The molecule has 126 heavy (non-hydrogen) atoms. The van der Waals surface area contributed by atoms with E-state index in [1.54, 1.807) is 0 Å². The maximum Gasteiger partial charge on any atom is 2.00 e. The zero-order valence-corrected chi connectivity index (χ0v) is 85.8. The van der Waals surface area contributed by atoms with E-state index in [1.807, 2.05) is 60.7 Å². The van der Waals surface area contributed by atoms with E-state index in [4.69, 9.17) is 0 Å². The molecule has 30 heteroatoms. The molecule has 5 heterocycles. The van der Waals surface area contributed by atoms with Gasteiger partial charge in [-0.25, -0.2) is 0 Å². The number of para-hydroxylation sites is 10. The van der Waals surface area contributed by atoms with Crippen molar-refractivity contribution in [3.63, 3.8) is 0 Å². The van der Waals surface area contributed by atoms with Crippen LogP contribution >= 0.6 is 0 Å². The number of unbranched alkanes of at least 4 members (excludes halogenated alkanes) is 6. The predicted octanol–water partition coefficient (Wildman–Crippen LogP) is 21.7. The van der Waals surface area contributed by atoms with Gasteiger partial charge in [0, 0.05) is 0 Å². The molecule has 0 amide bonds. The third-order valence-electron chi connectivity index (χ3n) is 24.2. The fraction of sp³-hybridized carbons (Fsp3) is 0.323. The number of rotatable bonds is 25. The first kappa shape index (κ1) is 109. The van der Waals surface area contributed by atoms with Crippen molar-refractivity contribution >= 4 is 127 Å². The summed E-state index contributed by atoms with van der Waals surface area (Å²) >= 11 is 0. The summed E-state index contributed by atoms with van der Waals surface area (Å²) in [6.07, 6.45) is 12.5. The van der Waals surface area contributed by atoms with Crippen LogP contribution < -0.4 is 48.1 Å². The standard InChI is InChI=1S/C21H29B2N3.C20H27B2N3.C19H25B2N3.2C18H23B2N3.5Ru/c1-4-5-6-13-18-26-22(2)24(20-14-9-7-10-15-20)19-25(23(26)3)21-16-11-8-12-17-21;1-4-5-12-17-25-21(2)23(19-13-8-6-9-14-19)18-24(22(25)3)20-15-10-7-11-16-20;1-4-5-16-24-20(2)22(18-12-8-6-9-13-18)17-23(21(24)3)19-14-10-7-11-15-19;1-16(2)23-19(3)21(17-11-7-5-8-12-17)15-22(20(23)4)18-13-9-6-10-14-18;1-4-15-23-19(2)21(17-11-7-5-8-12-17)16-22(20(23)3)18-13-9-6-10-14-18;;;;;/h7-12,14-16,19H,4-6,13,18H2,1-3H3;6-11,13-15,18H,4-5,12,17H2,1-3H3;6-14,17H,4-5,16H2,1-3H3;5-13,15-16H,1-4H3;5-13,16H,4,15H2,1-3H3;;;;;/q5*-2;5*+2. The molecule has 0 aromatic heterocycles. The molecule has 5 fully saturated rings. The van der Waals surface area contributed by atoms with Crippen molar-refractivity contribution in [2.24, 2.45) is 0 Å². The van der Waals surface area contributed by atoms with E-state index in [0.717, 1.165) is 61.0 Å². The SMILES string of the molecule is CB1N(c2[c-]cccc2)[CH-]N(c2ccccc2)B(C)N1C(C)C.CCCCCCN1B(C)N(c2[c-]cccc2)[CH-]N(c2ccccc2)B1C.CCCCCN1B(C)N(c2[c-]cccc2)[CH-]N(c2ccccc2)B1C.CCCCN1B(C)N(c2[c-]cccc2)[CH-]N(c2ccccc2)B1C.CCCN1B(C)N(c2[c-]cccc2)[CH-]N(c2ccccc2)B1C.[Ru+2].[Ru+2].[Ru+2].[Ru+2].[Ru+2]. The van der Waals surface area contributed by atoms with E-state index in [9.17, 15) is 0 Å². The Hall–Kier alpha value is -6.23. The third kappa shape index (κ3) is 28.9. The summed E-state index contributed by atoms with van der Waals surface area (Å²) in [5.41, 5.74) is 11.6. The Morgan fingerprint density at radius 3 is 0.651 bits per heavy atom. The molecular formula is C96H127B10N15Ru5. The molecule has 0 aliphatic carbocycles. The Morgan fingerprint density at radius 1 is 0.222 bits per heavy atom. The Bertz CT molecular complexity index is 4240. The van der Waals surface area contributed by atoms with Crippen LogP contribution in [-0.4, -0.2) is 126 Å². The zero-order chi connectivity index (χ0) is 85.6. The van der Waals surface area contributed by atoms with Crippen molar-refractivity contribution < 1.29 is 97.4 Å². The average molecular weight is 2100 g/mol. The van der Waals surface area contributed by atoms with Crippen LogP contribution in [0.4, 0.5) is 56.9 Å². The van der Waals surface area contributed by atoms with E-state index >= 15 is 0 Å². The van der Waals surface area contributed by atoms with E-state index in [2.05, 4.69) is 457 Å². The second-order valence-corrected chi connectivity index (χ2v) is 32.5. The van der Waals surface area contributed by atoms with Gasteiger partial charge in [-0.05, 0) is 147 Å². The molecule has 0 unspecified atom stereocenters. The first-order valence-corrected chi connectivity index (χ1v) is 45.0. The summed E-state index contributed by atoms with van der Waals surface area (Å²) in [7, 11) is 0. The van der Waals surface area contributed by atoms with Crippen molar-refractivity contribution in [2.75, 3.05) is 74.3 Å². The first-order valence-electron chi connectivity index (χ1n) is 45.0. The van der Waals surface area contributed by atoms with Crippen LogP contribution in [-0.2, 0) is 97.4 Å². The summed E-state index contributed by atoms with van der Waals surface area (Å²) in [5, 5.41) is 0. The molecule has 656 valence electrons. The van der Waals surface area contributed by atoms with Gasteiger partial charge in [0.15, 0.2) is 0 Å². The zero-order valence-electron chi connectivity index (χ0n) is 77.1. The number of hydrogen-bond donors (Lipinski definition) is 0. The third-order valence-corrected chi connectivity index (χ3v) is 24.2. The molecule has 0 atom stereocenters. The van der Waals surface area contributed by atoms with Crippen LogP contribution in [0.1, 0.15) is 106 Å². The second-order valence-electron chi connectivity index (χ2n) is 32.5. The van der Waals surface area contributed by atoms with Gasteiger partial charge in [-0.15, -0.1) is 28.4 Å². The van der Waals surface area contributed by atoms with Crippen LogP contribution in [0.5, 0.6) is 0 Å². The summed E-state index contributed by atoms with van der Waals surface area (Å²) in [4.78, 5) is 23.4. The van der Waals surface area contributed by atoms with Gasteiger partial charge in [-0.1, -0.05) is 239 Å². The number of nitrogens with zero attached hydrogens (tertiary/aromatic N) is 15. The van der Waals surface area contributed by atoms with Gasteiger partial charge in [-0.3, -0.25) is 0 Å². The Kier molecular flexibility index (Phi) is 48.7. The van der Waals surface area contributed by atoms with Crippen molar-refractivity contribution in [2.45, 2.75) is 180 Å². The summed E-state index contributed by atoms with van der Waals surface area (Å²) < 4.78 is 12.8. The molecule has 5 saturated heterocycles. The molecule has 10 aromatic carbocycles. The van der Waals surface area contributed by atoms with Crippen molar-refractivity contribution in [1.29, 1.82) is 0 Å². The molecule has 15 nitrogen and oxygen atoms in total. The minimum atomic E-state index is 0. The largest absolute Gasteiger partial charge is 2.00 e. The monoisotopic (exact) mass is 2110 g/mol. The molecule has 15 rings (SSSR count). The summed E-state index contributed by atoms with van der Waals surface area (Å²) in [6, 6.07) is 111. The normalized spacial score (nSPS) is 15.3. The van der Waals surface area contributed by atoms with Gasteiger partial charge < -0.3 is 71.7 Å². The van der Waals surface area contributed by atoms with Crippen molar-refractivity contribution in [1.82, 2.24) is 23.6 Å². The molecule has 0 saturated carbocycles. The van der Waals surface area contributed by atoms with Crippen LogP contribution in [0.3, 0.4) is 0 Å². The molecule has 0 radical (unpaired) electrons.